The van der Waals surface area contributed by atoms with E-state index in [0.29, 0.717) is 5.92 Å². The molecule has 2 aliphatic carbocycles. The zero-order chi connectivity index (χ0) is 16.2. The smallest absolute Gasteiger partial charge is 0.126 e. The van der Waals surface area contributed by atoms with Crippen LogP contribution in [0.2, 0.25) is 0 Å². The summed E-state index contributed by atoms with van der Waals surface area (Å²) in [5, 5.41) is 0. The number of hydrogen-bond acceptors (Lipinski definition) is 0. The van der Waals surface area contributed by atoms with Crippen molar-refractivity contribution in [3.63, 3.8) is 0 Å². The fourth-order valence-corrected chi connectivity index (χ4v) is 5.09. The van der Waals surface area contributed by atoms with E-state index in [2.05, 4.69) is 6.92 Å². The molecule has 0 aromatic heterocycles. The van der Waals surface area contributed by atoms with Crippen LogP contribution in [0.4, 0.5) is 8.78 Å². The zero-order valence-corrected chi connectivity index (χ0v) is 14.4. The number of rotatable bonds is 4. The Labute approximate surface area is 139 Å². The predicted octanol–water partition coefficient (Wildman–Crippen LogP) is 6.85. The molecule has 2 aliphatic rings. The zero-order valence-electron chi connectivity index (χ0n) is 14.4. The van der Waals surface area contributed by atoms with Gasteiger partial charge in [-0.05, 0) is 79.9 Å². The number of hydrogen-bond donors (Lipinski definition) is 0. The Kier molecular flexibility index (Phi) is 5.71. The lowest BCUT2D eigenvalue weighted by Crippen LogP contribution is -2.25. The molecule has 128 valence electrons. The highest BCUT2D eigenvalue weighted by atomic mass is 19.1. The molecule has 0 heterocycles. The van der Waals surface area contributed by atoms with Gasteiger partial charge in [0.1, 0.15) is 11.6 Å². The summed E-state index contributed by atoms with van der Waals surface area (Å²) in [5.74, 6) is 2.23. The Morgan fingerprint density at radius 1 is 0.783 bits per heavy atom. The van der Waals surface area contributed by atoms with Crippen molar-refractivity contribution < 1.29 is 8.78 Å². The molecule has 0 aliphatic heterocycles. The van der Waals surface area contributed by atoms with E-state index >= 15 is 0 Å². The van der Waals surface area contributed by atoms with Gasteiger partial charge < -0.3 is 0 Å². The minimum absolute atomic E-state index is 0.355. The summed E-state index contributed by atoms with van der Waals surface area (Å²) in [5.41, 5.74) is 0.868. The highest BCUT2D eigenvalue weighted by Crippen LogP contribution is 2.44. The average Bonchev–Trinajstić information content (AvgIpc) is 2.55. The molecule has 0 bridgehead atoms. The summed E-state index contributed by atoms with van der Waals surface area (Å²) in [6.45, 7) is 2.29. The summed E-state index contributed by atoms with van der Waals surface area (Å²) in [4.78, 5) is 0. The molecular formula is C21H30F2. The van der Waals surface area contributed by atoms with Crippen molar-refractivity contribution in [2.45, 2.75) is 77.0 Å². The molecule has 23 heavy (non-hydrogen) atoms. The van der Waals surface area contributed by atoms with E-state index in [0.717, 1.165) is 42.2 Å². The first-order valence-electron chi connectivity index (χ1n) is 9.61. The molecule has 2 heteroatoms. The second-order valence-corrected chi connectivity index (χ2v) is 7.88. The van der Waals surface area contributed by atoms with E-state index in [4.69, 9.17) is 0 Å². The summed E-state index contributed by atoms with van der Waals surface area (Å²) < 4.78 is 26.8. The highest BCUT2D eigenvalue weighted by Gasteiger charge is 2.31. The standard InChI is InChI=1S/C21H30F2/c1-2-3-15-4-6-16(7-5-15)17-8-10-18(11-9-17)19-12-20(22)14-21(23)13-19/h12-18H,2-11H2,1H3/t15-,16-,17-,18-. The molecule has 0 atom stereocenters. The van der Waals surface area contributed by atoms with Crippen molar-refractivity contribution in [2.24, 2.45) is 17.8 Å². The second-order valence-electron chi connectivity index (χ2n) is 7.88. The maximum Gasteiger partial charge on any atom is 0.126 e. The van der Waals surface area contributed by atoms with Crippen LogP contribution in [-0.4, -0.2) is 0 Å². The molecule has 2 saturated carbocycles. The predicted molar refractivity (Wildman–Crippen MR) is 91.4 cm³/mol. The number of halogens is 2. The van der Waals surface area contributed by atoms with Gasteiger partial charge in [0.15, 0.2) is 0 Å². The van der Waals surface area contributed by atoms with E-state index in [-0.39, 0.29) is 0 Å². The quantitative estimate of drug-likeness (QED) is 0.569. The Hall–Kier alpha value is -0.920. The van der Waals surface area contributed by atoms with Crippen molar-refractivity contribution in [1.29, 1.82) is 0 Å². The lowest BCUT2D eigenvalue weighted by molar-refractivity contribution is 0.156. The summed E-state index contributed by atoms with van der Waals surface area (Å²) in [6.07, 6.45) is 13.1. The van der Waals surface area contributed by atoms with E-state index in [9.17, 15) is 8.78 Å². The van der Waals surface area contributed by atoms with Gasteiger partial charge in [0.05, 0.1) is 0 Å². The normalized spacial score (nSPS) is 32.0. The number of benzene rings is 1. The van der Waals surface area contributed by atoms with Crippen molar-refractivity contribution >= 4 is 0 Å². The summed E-state index contributed by atoms with van der Waals surface area (Å²) >= 11 is 0. The maximum absolute atomic E-state index is 13.4. The summed E-state index contributed by atoms with van der Waals surface area (Å²) in [7, 11) is 0. The Morgan fingerprint density at radius 2 is 1.30 bits per heavy atom. The van der Waals surface area contributed by atoms with Gasteiger partial charge in [-0.2, -0.15) is 0 Å². The van der Waals surface area contributed by atoms with Crippen LogP contribution < -0.4 is 0 Å². The minimum Gasteiger partial charge on any atom is -0.207 e. The highest BCUT2D eigenvalue weighted by molar-refractivity contribution is 5.22. The molecule has 0 N–H and O–H groups in total. The molecule has 0 amide bonds. The van der Waals surface area contributed by atoms with Gasteiger partial charge >= 0.3 is 0 Å². The molecular weight excluding hydrogens is 290 g/mol. The van der Waals surface area contributed by atoms with Crippen LogP contribution in [0.1, 0.15) is 82.6 Å². The molecule has 0 nitrogen and oxygen atoms in total. The van der Waals surface area contributed by atoms with Gasteiger partial charge in [-0.3, -0.25) is 0 Å². The first-order chi connectivity index (χ1) is 11.2. The van der Waals surface area contributed by atoms with Crippen LogP contribution in [0, 0.1) is 29.4 Å². The van der Waals surface area contributed by atoms with E-state index in [1.165, 1.54) is 63.5 Å². The first kappa shape index (κ1) is 16.9. The maximum atomic E-state index is 13.4. The minimum atomic E-state index is -0.434. The molecule has 0 radical (unpaired) electrons. The molecule has 2 fully saturated rings. The third-order valence-corrected chi connectivity index (χ3v) is 6.38. The lowest BCUT2D eigenvalue weighted by Gasteiger charge is -2.38. The van der Waals surface area contributed by atoms with Crippen molar-refractivity contribution in [1.82, 2.24) is 0 Å². The first-order valence-corrected chi connectivity index (χ1v) is 9.61. The largest absolute Gasteiger partial charge is 0.207 e. The van der Waals surface area contributed by atoms with Gasteiger partial charge in [0.2, 0.25) is 0 Å². The average molecular weight is 320 g/mol. The fourth-order valence-electron chi connectivity index (χ4n) is 5.09. The summed E-state index contributed by atoms with van der Waals surface area (Å²) in [6, 6.07) is 4.04. The van der Waals surface area contributed by atoms with E-state index in [1.807, 2.05) is 0 Å². The third-order valence-electron chi connectivity index (χ3n) is 6.38. The lowest BCUT2D eigenvalue weighted by atomic mass is 9.68. The van der Waals surface area contributed by atoms with Crippen LogP contribution in [0.3, 0.4) is 0 Å². The Bertz CT molecular complexity index is 474. The molecule has 1 aromatic rings. The van der Waals surface area contributed by atoms with Crippen LogP contribution >= 0.6 is 0 Å². The third kappa shape index (κ3) is 4.33. The van der Waals surface area contributed by atoms with Crippen LogP contribution in [0.25, 0.3) is 0 Å². The van der Waals surface area contributed by atoms with Gasteiger partial charge in [0, 0.05) is 6.07 Å². The SMILES string of the molecule is CCC[C@H]1CC[C@H]([C@H]2CC[C@H](c3cc(F)cc(F)c3)CC2)CC1. The Balaban J connectivity index is 1.51. The van der Waals surface area contributed by atoms with Crippen LogP contribution in [0.15, 0.2) is 18.2 Å². The van der Waals surface area contributed by atoms with Gasteiger partial charge in [0.25, 0.3) is 0 Å². The van der Waals surface area contributed by atoms with Crippen molar-refractivity contribution in [3.8, 4) is 0 Å². The second kappa shape index (κ2) is 7.77. The van der Waals surface area contributed by atoms with Crippen LogP contribution in [0.5, 0.6) is 0 Å². The van der Waals surface area contributed by atoms with Gasteiger partial charge in [-0.25, -0.2) is 8.78 Å². The van der Waals surface area contributed by atoms with E-state index < -0.39 is 11.6 Å². The monoisotopic (exact) mass is 320 g/mol. The molecule has 3 rings (SSSR count). The van der Waals surface area contributed by atoms with Crippen LogP contribution in [-0.2, 0) is 0 Å². The molecule has 0 saturated heterocycles. The molecule has 0 spiro atoms. The fraction of sp³-hybridized carbons (Fsp3) is 0.714. The van der Waals surface area contributed by atoms with Crippen molar-refractivity contribution in [2.75, 3.05) is 0 Å². The van der Waals surface area contributed by atoms with Crippen molar-refractivity contribution in [3.05, 3.63) is 35.4 Å². The molecule has 1 aromatic carbocycles. The van der Waals surface area contributed by atoms with E-state index in [1.54, 1.807) is 0 Å². The topological polar surface area (TPSA) is 0 Å². The van der Waals surface area contributed by atoms with Gasteiger partial charge in [-0.1, -0.05) is 32.6 Å². The Morgan fingerprint density at radius 3 is 1.83 bits per heavy atom. The molecule has 0 unspecified atom stereocenters. The van der Waals surface area contributed by atoms with Gasteiger partial charge in [-0.15, -0.1) is 0 Å².